The van der Waals surface area contributed by atoms with Crippen LogP contribution in [0, 0.1) is 6.92 Å². The van der Waals surface area contributed by atoms with Gasteiger partial charge in [-0.1, -0.05) is 41.7 Å². The van der Waals surface area contributed by atoms with Crippen molar-refractivity contribution >= 4 is 28.6 Å². The molecule has 3 N–H and O–H groups in total. The fourth-order valence-electron chi connectivity index (χ4n) is 2.24. The lowest BCUT2D eigenvalue weighted by Gasteiger charge is -2.06. The fraction of sp³-hybridized carbons (Fsp3) is 0.105. The van der Waals surface area contributed by atoms with Gasteiger partial charge in [-0.05, 0) is 42.3 Å². The number of nitrogens with two attached hydrogens (primary N) is 1. The third kappa shape index (κ3) is 4.67. The van der Waals surface area contributed by atoms with E-state index in [0.717, 1.165) is 28.2 Å². The third-order valence-electron chi connectivity index (χ3n) is 3.53. The monoisotopic (exact) mass is 366 g/mol. The van der Waals surface area contributed by atoms with E-state index in [1.807, 2.05) is 54.6 Å². The molecule has 0 fully saturated rings. The average Bonchev–Trinajstić information content (AvgIpc) is 3.00. The molecule has 6 nitrogen and oxygen atoms in total. The Balaban J connectivity index is 1.53. The first-order valence-electron chi connectivity index (χ1n) is 7.95. The smallest absolute Gasteiger partial charge is 0.283 e. The molecule has 0 radical (unpaired) electrons. The topological polar surface area (TPSA) is 89.6 Å². The Kier molecular flexibility index (Phi) is 5.60. The van der Waals surface area contributed by atoms with Crippen LogP contribution in [0.1, 0.15) is 26.5 Å². The van der Waals surface area contributed by atoms with Crippen molar-refractivity contribution in [2.75, 3.05) is 5.73 Å². The standard InChI is InChI=1S/C19H18N4O2S/c1-13-17(26-19(20)22-13)18(24)23-21-11-14-7-9-16(10-8-14)25-12-15-5-3-2-4-6-15/h2-11H,12H2,1H3,(H2,20,22)(H,23,24)/b21-11-. The van der Waals surface area contributed by atoms with Crippen LogP contribution in [-0.2, 0) is 6.61 Å². The third-order valence-corrected chi connectivity index (χ3v) is 4.51. The Morgan fingerprint density at radius 1 is 1.23 bits per heavy atom. The van der Waals surface area contributed by atoms with Crippen molar-refractivity contribution in [1.82, 2.24) is 10.4 Å². The second kappa shape index (κ2) is 8.26. The number of aromatic nitrogens is 1. The van der Waals surface area contributed by atoms with Gasteiger partial charge in [0.05, 0.1) is 11.9 Å². The van der Waals surface area contributed by atoms with Gasteiger partial charge in [0.15, 0.2) is 5.13 Å². The van der Waals surface area contributed by atoms with Gasteiger partial charge in [0, 0.05) is 0 Å². The van der Waals surface area contributed by atoms with Gasteiger partial charge in [-0.2, -0.15) is 5.10 Å². The minimum Gasteiger partial charge on any atom is -0.489 e. The summed E-state index contributed by atoms with van der Waals surface area (Å²) >= 11 is 1.14. The zero-order valence-corrected chi connectivity index (χ0v) is 15.0. The first-order valence-corrected chi connectivity index (χ1v) is 8.76. The van der Waals surface area contributed by atoms with Crippen LogP contribution in [0.15, 0.2) is 59.7 Å². The van der Waals surface area contributed by atoms with Gasteiger partial charge in [-0.15, -0.1) is 0 Å². The molecule has 7 heteroatoms. The fourth-order valence-corrected chi connectivity index (χ4v) is 2.96. The zero-order valence-electron chi connectivity index (χ0n) is 14.2. The van der Waals surface area contributed by atoms with Gasteiger partial charge in [0.1, 0.15) is 17.2 Å². The summed E-state index contributed by atoms with van der Waals surface area (Å²) in [7, 11) is 0. The number of aryl methyl sites for hydroxylation is 1. The van der Waals surface area contributed by atoms with Gasteiger partial charge < -0.3 is 10.5 Å². The summed E-state index contributed by atoms with van der Waals surface area (Å²) in [6.07, 6.45) is 1.57. The molecule has 0 aliphatic rings. The van der Waals surface area contributed by atoms with E-state index in [9.17, 15) is 4.79 Å². The predicted molar refractivity (Wildman–Crippen MR) is 104 cm³/mol. The maximum absolute atomic E-state index is 12.0. The van der Waals surface area contributed by atoms with Crippen molar-refractivity contribution in [1.29, 1.82) is 0 Å². The van der Waals surface area contributed by atoms with E-state index >= 15 is 0 Å². The molecule has 1 amide bonds. The number of anilines is 1. The van der Waals surface area contributed by atoms with Crippen LogP contribution in [-0.4, -0.2) is 17.1 Å². The second-order valence-corrected chi connectivity index (χ2v) is 6.54. The minimum atomic E-state index is -0.323. The number of amides is 1. The molecule has 0 atom stereocenters. The molecule has 0 unspecified atom stereocenters. The van der Waals surface area contributed by atoms with E-state index in [4.69, 9.17) is 10.5 Å². The molecule has 0 aliphatic carbocycles. The van der Waals surface area contributed by atoms with Gasteiger partial charge in [0.25, 0.3) is 5.91 Å². The lowest BCUT2D eigenvalue weighted by atomic mass is 10.2. The highest BCUT2D eigenvalue weighted by molar-refractivity contribution is 7.17. The van der Waals surface area contributed by atoms with Gasteiger partial charge >= 0.3 is 0 Å². The molecule has 0 spiro atoms. The van der Waals surface area contributed by atoms with E-state index in [1.165, 1.54) is 0 Å². The Hall–Kier alpha value is -3.19. The molecule has 0 saturated carbocycles. The minimum absolute atomic E-state index is 0.323. The molecule has 0 aliphatic heterocycles. The number of nitrogen functional groups attached to an aromatic ring is 1. The van der Waals surface area contributed by atoms with Crippen molar-refractivity contribution in [3.05, 3.63) is 76.3 Å². The number of benzene rings is 2. The number of ether oxygens (including phenoxy) is 1. The molecule has 1 heterocycles. The first kappa shape index (κ1) is 17.6. The van der Waals surface area contributed by atoms with E-state index in [2.05, 4.69) is 15.5 Å². The number of hydrogen-bond acceptors (Lipinski definition) is 6. The summed E-state index contributed by atoms with van der Waals surface area (Å²) < 4.78 is 5.73. The van der Waals surface area contributed by atoms with E-state index in [-0.39, 0.29) is 5.91 Å². The number of hydrogen-bond donors (Lipinski definition) is 2. The second-order valence-electron chi connectivity index (χ2n) is 5.51. The van der Waals surface area contributed by atoms with Gasteiger partial charge in [-0.25, -0.2) is 10.4 Å². The predicted octanol–water partition coefficient (Wildman–Crippen LogP) is 3.38. The van der Waals surface area contributed by atoms with Crippen molar-refractivity contribution in [2.45, 2.75) is 13.5 Å². The van der Waals surface area contributed by atoms with Crippen molar-refractivity contribution in [3.8, 4) is 5.75 Å². The molecule has 0 bridgehead atoms. The summed E-state index contributed by atoms with van der Waals surface area (Å²) in [4.78, 5) is 16.5. The summed E-state index contributed by atoms with van der Waals surface area (Å²) in [5, 5.41) is 4.33. The van der Waals surface area contributed by atoms with Crippen LogP contribution in [0.2, 0.25) is 0 Å². The molecule has 132 valence electrons. The lowest BCUT2D eigenvalue weighted by Crippen LogP contribution is -2.17. The molecular weight excluding hydrogens is 348 g/mol. The van der Waals surface area contributed by atoms with Crippen LogP contribution >= 0.6 is 11.3 Å². The maximum atomic E-state index is 12.0. The maximum Gasteiger partial charge on any atom is 0.283 e. The summed E-state index contributed by atoms with van der Waals surface area (Å²) in [5.74, 6) is 0.446. The van der Waals surface area contributed by atoms with Crippen LogP contribution in [0.25, 0.3) is 0 Å². The number of carbonyl (C=O) groups excluding carboxylic acids is 1. The Bertz CT molecular complexity index is 905. The Morgan fingerprint density at radius 2 is 1.96 bits per heavy atom. The number of carbonyl (C=O) groups is 1. The normalized spacial score (nSPS) is 10.8. The van der Waals surface area contributed by atoms with Crippen LogP contribution in [0.3, 0.4) is 0 Å². The summed E-state index contributed by atoms with van der Waals surface area (Å²) in [5.41, 5.74) is 10.6. The van der Waals surface area contributed by atoms with Crippen molar-refractivity contribution < 1.29 is 9.53 Å². The molecule has 1 aromatic heterocycles. The number of nitrogens with one attached hydrogen (secondary N) is 1. The molecule has 3 rings (SSSR count). The highest BCUT2D eigenvalue weighted by Gasteiger charge is 2.13. The summed E-state index contributed by atoms with van der Waals surface area (Å²) in [6.45, 7) is 2.25. The van der Waals surface area contributed by atoms with Gasteiger partial charge in [-0.3, -0.25) is 4.79 Å². The zero-order chi connectivity index (χ0) is 18.4. The van der Waals surface area contributed by atoms with E-state index in [0.29, 0.717) is 22.3 Å². The molecule has 0 saturated heterocycles. The van der Waals surface area contributed by atoms with E-state index in [1.54, 1.807) is 13.1 Å². The SMILES string of the molecule is Cc1nc(N)sc1C(=O)N/N=C\c1ccc(OCc2ccccc2)cc1. The number of rotatable bonds is 6. The lowest BCUT2D eigenvalue weighted by molar-refractivity contribution is 0.0958. The van der Waals surface area contributed by atoms with Crippen molar-refractivity contribution in [2.24, 2.45) is 5.10 Å². The Labute approximate surface area is 155 Å². The highest BCUT2D eigenvalue weighted by atomic mass is 32.1. The average molecular weight is 366 g/mol. The number of thiazole rings is 1. The van der Waals surface area contributed by atoms with E-state index < -0.39 is 0 Å². The van der Waals surface area contributed by atoms with Crippen LogP contribution in [0.5, 0.6) is 5.75 Å². The summed E-state index contributed by atoms with van der Waals surface area (Å²) in [6, 6.07) is 17.4. The molecule has 26 heavy (non-hydrogen) atoms. The van der Waals surface area contributed by atoms with Crippen LogP contribution in [0.4, 0.5) is 5.13 Å². The van der Waals surface area contributed by atoms with Gasteiger partial charge in [0.2, 0.25) is 0 Å². The number of nitrogens with zero attached hydrogens (tertiary/aromatic N) is 2. The van der Waals surface area contributed by atoms with Crippen LogP contribution < -0.4 is 15.9 Å². The first-order chi connectivity index (χ1) is 12.6. The number of hydrazone groups is 1. The molecule has 2 aromatic carbocycles. The Morgan fingerprint density at radius 3 is 2.62 bits per heavy atom. The highest BCUT2D eigenvalue weighted by Crippen LogP contribution is 2.19. The molecular formula is C19H18N4O2S. The van der Waals surface area contributed by atoms with Crippen molar-refractivity contribution in [3.63, 3.8) is 0 Å². The largest absolute Gasteiger partial charge is 0.489 e. The molecule has 3 aromatic rings. The quantitative estimate of drug-likeness (QED) is 0.517.